The van der Waals surface area contributed by atoms with Gasteiger partial charge in [0.25, 0.3) is 0 Å². The van der Waals surface area contributed by atoms with E-state index in [4.69, 9.17) is 11.6 Å². The molecule has 0 atom stereocenters. The highest BCUT2D eigenvalue weighted by atomic mass is 35.5. The molecule has 0 amide bonds. The third-order valence-electron chi connectivity index (χ3n) is 13.3. The van der Waals surface area contributed by atoms with Gasteiger partial charge in [-0.05, 0) is 177 Å². The van der Waals surface area contributed by atoms with E-state index in [0.29, 0.717) is 0 Å². The molecule has 0 saturated carbocycles. The monoisotopic (exact) mass is 924 g/mol. The number of aryl methyl sites for hydroxylation is 3. The Labute approximate surface area is 419 Å². The lowest BCUT2D eigenvalue weighted by atomic mass is 9.98. The quantitative estimate of drug-likeness (QED) is 0.101. The van der Waals surface area contributed by atoms with Crippen LogP contribution in [0.5, 0.6) is 0 Å². The number of anilines is 6. The molecule has 0 saturated heterocycles. The van der Waals surface area contributed by atoms with Gasteiger partial charge in [-0.1, -0.05) is 196 Å². The molecule has 0 radical (unpaired) electrons. The zero-order valence-corrected chi connectivity index (χ0v) is 41.0. The molecular formula is C67H57ClN2. The van der Waals surface area contributed by atoms with Crippen LogP contribution in [0.15, 0.2) is 243 Å². The Morgan fingerprint density at radius 2 is 0.586 bits per heavy atom. The molecule has 0 heterocycles. The number of hydrogen-bond donors (Lipinski definition) is 0. The van der Waals surface area contributed by atoms with Gasteiger partial charge in [0.05, 0.1) is 0 Å². The minimum atomic E-state index is 0.734. The van der Waals surface area contributed by atoms with Crippen molar-refractivity contribution in [3.63, 3.8) is 0 Å². The van der Waals surface area contributed by atoms with Crippen LogP contribution in [0.1, 0.15) is 43.4 Å². The molecule has 0 aliphatic carbocycles. The van der Waals surface area contributed by atoms with E-state index in [2.05, 4.69) is 261 Å². The fourth-order valence-corrected chi connectivity index (χ4v) is 9.71. The Hall–Kier alpha value is -7.91. The topological polar surface area (TPSA) is 6.48 Å². The van der Waals surface area contributed by atoms with E-state index < -0.39 is 0 Å². The van der Waals surface area contributed by atoms with Gasteiger partial charge < -0.3 is 9.80 Å². The van der Waals surface area contributed by atoms with Crippen molar-refractivity contribution in [1.82, 2.24) is 0 Å². The molecule has 0 fully saturated rings. The summed E-state index contributed by atoms with van der Waals surface area (Å²) >= 11 is 6.23. The van der Waals surface area contributed by atoms with E-state index in [0.717, 1.165) is 76.0 Å². The average molecular weight is 926 g/mol. The highest BCUT2D eigenvalue weighted by Gasteiger charge is 2.18. The molecular weight excluding hydrogens is 868 g/mol. The van der Waals surface area contributed by atoms with E-state index in [9.17, 15) is 0 Å². The van der Waals surface area contributed by atoms with Gasteiger partial charge in [-0.25, -0.2) is 0 Å². The maximum Gasteiger partial charge on any atom is 0.0464 e. The second kappa shape index (κ2) is 21.2. The maximum absolute atomic E-state index is 6.23. The second-order valence-corrected chi connectivity index (χ2v) is 18.6. The van der Waals surface area contributed by atoms with Crippen molar-refractivity contribution in [1.29, 1.82) is 0 Å². The first-order chi connectivity index (χ1) is 34.4. The summed E-state index contributed by atoms with van der Waals surface area (Å²) in [4.78, 5) is 4.71. The Kier molecular flexibility index (Phi) is 13.9. The van der Waals surface area contributed by atoms with Crippen LogP contribution in [0.3, 0.4) is 0 Å². The molecule has 10 rings (SSSR count). The standard InChI is InChI=1S/C67H57ClN2/c1-4-9-49-13-17-52(18-14-49)56-27-39-64(40-28-56)70(65-41-29-57(30-42-65)53-19-15-50(10-5-2)16-20-53)66-45-46-67(48(3)47-66)59-31-43-63(44-32-59)69(61-35-23-55(24-36-61)51-11-7-6-8-12-51)62-37-25-58(26-38-62)54-21-33-60(68)34-22-54/h6-8,11-47H,4-5,9-10H2,1-3H3. The van der Waals surface area contributed by atoms with Crippen LogP contribution in [-0.2, 0) is 12.8 Å². The van der Waals surface area contributed by atoms with Crippen LogP contribution < -0.4 is 9.80 Å². The summed E-state index contributed by atoms with van der Waals surface area (Å²) in [5.41, 5.74) is 22.4. The fourth-order valence-electron chi connectivity index (χ4n) is 9.59. The van der Waals surface area contributed by atoms with Crippen molar-refractivity contribution in [2.75, 3.05) is 9.80 Å². The van der Waals surface area contributed by atoms with Crippen LogP contribution in [0, 0.1) is 6.92 Å². The lowest BCUT2D eigenvalue weighted by molar-refractivity contribution is 0.922. The van der Waals surface area contributed by atoms with Crippen molar-refractivity contribution in [3.8, 4) is 55.6 Å². The Morgan fingerprint density at radius 3 is 0.929 bits per heavy atom. The van der Waals surface area contributed by atoms with Crippen LogP contribution in [0.2, 0.25) is 5.02 Å². The van der Waals surface area contributed by atoms with Gasteiger partial charge in [-0.3, -0.25) is 0 Å². The lowest BCUT2D eigenvalue weighted by Crippen LogP contribution is -2.10. The van der Waals surface area contributed by atoms with E-state index in [-0.39, 0.29) is 0 Å². The molecule has 0 aliphatic heterocycles. The van der Waals surface area contributed by atoms with E-state index >= 15 is 0 Å². The van der Waals surface area contributed by atoms with Crippen LogP contribution in [0.25, 0.3) is 55.6 Å². The number of halogens is 1. The van der Waals surface area contributed by atoms with Crippen LogP contribution in [0.4, 0.5) is 34.1 Å². The summed E-state index contributed by atoms with van der Waals surface area (Å²) in [7, 11) is 0. The number of benzene rings is 10. The third kappa shape index (κ3) is 10.2. The molecule has 0 aliphatic rings. The minimum Gasteiger partial charge on any atom is -0.311 e. The SMILES string of the molecule is CCCc1ccc(-c2ccc(N(c3ccc(-c4ccc(CCC)cc4)cc3)c3ccc(-c4ccc(N(c5ccc(-c6ccccc6)cc5)c5ccc(-c6ccc(Cl)cc6)cc5)cc4)c(C)c3)cc2)cc1. The van der Waals surface area contributed by atoms with E-state index in [1.165, 1.54) is 61.2 Å². The third-order valence-corrected chi connectivity index (χ3v) is 13.6. The molecule has 10 aromatic rings. The van der Waals surface area contributed by atoms with Crippen molar-refractivity contribution in [2.45, 2.75) is 46.5 Å². The van der Waals surface area contributed by atoms with Gasteiger partial charge in [-0.15, -0.1) is 0 Å². The average Bonchev–Trinajstić information content (AvgIpc) is 3.41. The Morgan fingerprint density at radius 1 is 0.300 bits per heavy atom. The maximum atomic E-state index is 6.23. The van der Waals surface area contributed by atoms with Gasteiger partial charge in [0, 0.05) is 39.1 Å². The molecule has 0 bridgehead atoms. The summed E-state index contributed by atoms with van der Waals surface area (Å²) in [6.45, 7) is 6.69. The van der Waals surface area contributed by atoms with Gasteiger partial charge in [0.15, 0.2) is 0 Å². The first-order valence-corrected chi connectivity index (χ1v) is 25.0. The van der Waals surface area contributed by atoms with E-state index in [1.807, 2.05) is 12.1 Å². The van der Waals surface area contributed by atoms with Crippen molar-refractivity contribution < 1.29 is 0 Å². The number of rotatable bonds is 15. The molecule has 0 spiro atoms. The molecule has 342 valence electrons. The summed E-state index contributed by atoms with van der Waals surface area (Å²) < 4.78 is 0. The highest BCUT2D eigenvalue weighted by molar-refractivity contribution is 6.30. The summed E-state index contributed by atoms with van der Waals surface area (Å²) in [6.07, 6.45) is 4.50. The first-order valence-electron chi connectivity index (χ1n) is 24.6. The molecule has 10 aromatic carbocycles. The van der Waals surface area contributed by atoms with Crippen LogP contribution in [-0.4, -0.2) is 0 Å². The molecule has 0 N–H and O–H groups in total. The summed E-state index contributed by atoms with van der Waals surface area (Å²) in [6, 6.07) is 88.1. The number of nitrogens with zero attached hydrogens (tertiary/aromatic N) is 2. The van der Waals surface area contributed by atoms with Crippen molar-refractivity contribution in [3.05, 3.63) is 264 Å². The molecule has 3 heteroatoms. The van der Waals surface area contributed by atoms with Crippen LogP contribution >= 0.6 is 11.6 Å². The smallest absolute Gasteiger partial charge is 0.0464 e. The summed E-state index contributed by atoms with van der Waals surface area (Å²) in [5, 5.41) is 0.734. The molecule has 0 aromatic heterocycles. The highest BCUT2D eigenvalue weighted by Crippen LogP contribution is 2.41. The molecule has 70 heavy (non-hydrogen) atoms. The largest absolute Gasteiger partial charge is 0.311 e. The number of hydrogen-bond acceptors (Lipinski definition) is 2. The summed E-state index contributed by atoms with van der Waals surface area (Å²) in [5.74, 6) is 0. The fraction of sp³-hybridized carbons (Fsp3) is 0.104. The molecule has 0 unspecified atom stereocenters. The van der Waals surface area contributed by atoms with Gasteiger partial charge in [0.2, 0.25) is 0 Å². The Balaban J connectivity index is 0.966. The predicted octanol–water partition coefficient (Wildman–Crippen LogP) is 19.8. The lowest BCUT2D eigenvalue weighted by Gasteiger charge is -2.27. The normalized spacial score (nSPS) is 11.1. The van der Waals surface area contributed by atoms with Gasteiger partial charge in [-0.2, -0.15) is 0 Å². The molecule has 2 nitrogen and oxygen atoms in total. The predicted molar refractivity (Wildman–Crippen MR) is 301 cm³/mol. The van der Waals surface area contributed by atoms with Crippen molar-refractivity contribution in [2.24, 2.45) is 0 Å². The second-order valence-electron chi connectivity index (χ2n) is 18.2. The Bertz CT molecular complexity index is 3180. The van der Waals surface area contributed by atoms with Crippen molar-refractivity contribution >= 4 is 45.7 Å². The first kappa shape index (κ1) is 45.9. The van der Waals surface area contributed by atoms with Gasteiger partial charge >= 0.3 is 0 Å². The zero-order chi connectivity index (χ0) is 47.8. The van der Waals surface area contributed by atoms with E-state index in [1.54, 1.807) is 0 Å². The minimum absolute atomic E-state index is 0.734. The zero-order valence-electron chi connectivity index (χ0n) is 40.2. The van der Waals surface area contributed by atoms with Gasteiger partial charge in [0.1, 0.15) is 0 Å².